The van der Waals surface area contributed by atoms with Gasteiger partial charge in [-0.05, 0) is 7.05 Å². The molecule has 0 spiro atoms. The van der Waals surface area contributed by atoms with Crippen LogP contribution in [0.15, 0.2) is 0 Å². The minimum absolute atomic E-state index is 0. The van der Waals surface area contributed by atoms with E-state index in [9.17, 15) is 4.79 Å². The van der Waals surface area contributed by atoms with Gasteiger partial charge in [0.25, 0.3) is 0 Å². The number of nitrogens with one attached hydrogen (secondary N) is 1. The van der Waals surface area contributed by atoms with E-state index in [4.69, 9.17) is 5.11 Å². The molecule has 0 aromatic rings. The summed E-state index contributed by atoms with van der Waals surface area (Å²) in [6.45, 7) is 1.94. The second kappa shape index (κ2) is 16.1. The van der Waals surface area contributed by atoms with Gasteiger partial charge in [0, 0.05) is 28.2 Å². The van der Waals surface area contributed by atoms with Crippen molar-refractivity contribution >= 4 is 6.29 Å². The molecule has 0 radical (unpaired) electrons. The van der Waals surface area contributed by atoms with Gasteiger partial charge in [-0.1, -0.05) is 19.4 Å². The van der Waals surface area contributed by atoms with E-state index < -0.39 is 0 Å². The molecule has 0 fully saturated rings. The fourth-order valence-electron chi connectivity index (χ4n) is 0.346. The van der Waals surface area contributed by atoms with Crippen LogP contribution in [-0.4, -0.2) is 31.6 Å². The molecular weight excluding hydrogens is 302 g/mol. The van der Waals surface area contributed by atoms with Crippen molar-refractivity contribution in [3.05, 3.63) is 0 Å². The van der Waals surface area contributed by atoms with Crippen molar-refractivity contribution in [3.63, 3.8) is 0 Å². The average molecular weight is 316 g/mol. The van der Waals surface area contributed by atoms with Gasteiger partial charge in [0.1, 0.15) is 0 Å². The Labute approximate surface area is 76.5 Å². The first-order valence-electron chi connectivity index (χ1n) is 2.84. The van der Waals surface area contributed by atoms with Crippen molar-refractivity contribution in [2.45, 2.75) is 19.4 Å². The number of aliphatic hydroxyl groups is 1. The van der Waals surface area contributed by atoms with Crippen LogP contribution in [0.3, 0.4) is 0 Å². The minimum Gasteiger partial charge on any atom is -0.540 e. The molecule has 0 saturated carbocycles. The Bertz CT molecular complexity index is 57.7. The van der Waals surface area contributed by atoms with Crippen LogP contribution < -0.4 is 5.32 Å². The van der Waals surface area contributed by atoms with Gasteiger partial charge in [-0.2, -0.15) is 0 Å². The maximum Gasteiger partial charge on any atom is 0.0319 e. The molecule has 1 atom stereocenters. The Kier molecular flexibility index (Phi) is 26.9. The van der Waals surface area contributed by atoms with Gasteiger partial charge >= 0.3 is 0 Å². The van der Waals surface area contributed by atoms with Crippen molar-refractivity contribution < 1.29 is 31.0 Å². The second-order valence-corrected chi connectivity index (χ2v) is 1.37. The van der Waals surface area contributed by atoms with Gasteiger partial charge in [-0.25, -0.2) is 6.29 Å². The van der Waals surface area contributed by atoms with E-state index >= 15 is 0 Å². The van der Waals surface area contributed by atoms with Gasteiger partial charge < -0.3 is 15.2 Å². The summed E-state index contributed by atoms with van der Waals surface area (Å²) in [5.41, 5.74) is 0. The van der Waals surface area contributed by atoms with E-state index in [1.54, 1.807) is 7.05 Å². The van der Waals surface area contributed by atoms with Crippen molar-refractivity contribution in [3.8, 4) is 0 Å². The predicted octanol–water partition coefficient (Wildman–Crippen LogP) is -0.300. The molecule has 0 rings (SSSR count). The first-order valence-corrected chi connectivity index (χ1v) is 2.84. The molecule has 0 aromatic carbocycles. The van der Waals surface area contributed by atoms with Gasteiger partial charge in [0.15, 0.2) is 0 Å². The largest absolute Gasteiger partial charge is 0.540 e. The third-order valence-electron chi connectivity index (χ3n) is 0.899. The first kappa shape index (κ1) is 16.7. The summed E-state index contributed by atoms with van der Waals surface area (Å²) >= 11 is 0. The van der Waals surface area contributed by atoms with Crippen LogP contribution in [-0.2, 0) is 25.9 Å². The number of hydrogen-bond acceptors (Lipinski definition) is 3. The number of rotatable bonds is 3. The Morgan fingerprint density at radius 3 is 2.00 bits per heavy atom. The van der Waals surface area contributed by atoms with Gasteiger partial charge in [-0.3, -0.25) is 0 Å². The van der Waals surface area contributed by atoms with Crippen LogP contribution in [0.2, 0.25) is 0 Å². The molecule has 0 saturated heterocycles. The monoisotopic (exact) mass is 316 g/mol. The molecule has 0 aliphatic rings. The molecule has 0 bridgehead atoms. The molecule has 4 heteroatoms. The molecule has 2 N–H and O–H groups in total. The molecule has 0 aliphatic heterocycles. The van der Waals surface area contributed by atoms with Gasteiger partial charge in [0.2, 0.25) is 0 Å². The minimum atomic E-state index is -0.0694. The second-order valence-electron chi connectivity index (χ2n) is 1.37. The van der Waals surface area contributed by atoms with Crippen LogP contribution in [0, 0.1) is 0 Å². The molecule has 0 heterocycles. The molecule has 3 nitrogen and oxygen atoms in total. The first-order chi connectivity index (χ1) is 4.35. The quantitative estimate of drug-likeness (QED) is 0.703. The van der Waals surface area contributed by atoms with Crippen molar-refractivity contribution in [2.24, 2.45) is 0 Å². The normalized spacial score (nSPS) is 10.0. The van der Waals surface area contributed by atoms with E-state index in [0.717, 1.165) is 13.5 Å². The molecular formula is C6H14NO2W-. The maximum absolute atomic E-state index is 9.78. The van der Waals surface area contributed by atoms with E-state index in [0.29, 0.717) is 0 Å². The molecule has 1 unspecified atom stereocenters. The fourth-order valence-corrected chi connectivity index (χ4v) is 0.346. The van der Waals surface area contributed by atoms with Crippen LogP contribution >= 0.6 is 0 Å². The standard InChI is InChI=1S/C5H10NO.CH4O.W/c1-3-5(4-7)6-2;1-2;/h5-6H,3H2,1-2H3;2H,1H3;/q-1;;. The topological polar surface area (TPSA) is 49.3 Å². The van der Waals surface area contributed by atoms with Crippen LogP contribution in [0.25, 0.3) is 0 Å². The average Bonchev–Trinajstić information content (AvgIpc) is 1.96. The zero-order valence-corrected chi connectivity index (χ0v) is 9.48. The third-order valence-corrected chi connectivity index (χ3v) is 0.899. The summed E-state index contributed by atoms with van der Waals surface area (Å²) < 4.78 is 0. The van der Waals surface area contributed by atoms with Crippen molar-refractivity contribution in [2.75, 3.05) is 14.2 Å². The van der Waals surface area contributed by atoms with E-state index in [1.807, 2.05) is 13.2 Å². The summed E-state index contributed by atoms with van der Waals surface area (Å²) in [5.74, 6) is 0. The zero-order valence-electron chi connectivity index (χ0n) is 6.55. The van der Waals surface area contributed by atoms with Crippen molar-refractivity contribution in [1.82, 2.24) is 5.32 Å². The number of likely N-dealkylation sites (N-methyl/N-ethyl adjacent to an activating group) is 1. The van der Waals surface area contributed by atoms with E-state index in [1.165, 1.54) is 0 Å². The Balaban J connectivity index is -0.000000149. The summed E-state index contributed by atoms with van der Waals surface area (Å²) in [6.07, 6.45) is 2.66. The molecule has 10 heavy (non-hydrogen) atoms. The molecule has 0 aromatic heterocycles. The summed E-state index contributed by atoms with van der Waals surface area (Å²) in [4.78, 5) is 9.78. The van der Waals surface area contributed by atoms with E-state index in [2.05, 4.69) is 5.32 Å². The van der Waals surface area contributed by atoms with E-state index in [-0.39, 0.29) is 27.1 Å². The Hall–Kier alpha value is 0.278. The summed E-state index contributed by atoms with van der Waals surface area (Å²) in [5, 5.41) is 9.78. The Morgan fingerprint density at radius 2 is 2.00 bits per heavy atom. The fraction of sp³-hybridized carbons (Fsp3) is 0.833. The SMILES string of the molecule is CCC([C-]=O)NC.CO.[W]. The summed E-state index contributed by atoms with van der Waals surface area (Å²) in [6, 6.07) is -0.0694. The maximum atomic E-state index is 9.78. The van der Waals surface area contributed by atoms with Crippen LogP contribution in [0.1, 0.15) is 13.3 Å². The van der Waals surface area contributed by atoms with Gasteiger partial charge in [-0.15, -0.1) is 0 Å². The summed E-state index contributed by atoms with van der Waals surface area (Å²) in [7, 11) is 2.75. The number of hydrogen-bond donors (Lipinski definition) is 2. The molecule has 62 valence electrons. The molecule has 0 amide bonds. The van der Waals surface area contributed by atoms with Crippen molar-refractivity contribution in [1.29, 1.82) is 0 Å². The predicted molar refractivity (Wildman–Crippen MR) is 37.0 cm³/mol. The van der Waals surface area contributed by atoms with Crippen LogP contribution in [0.4, 0.5) is 0 Å². The number of carbonyl (C=O) groups excluding carboxylic acids is 1. The Morgan fingerprint density at radius 1 is 1.60 bits per heavy atom. The van der Waals surface area contributed by atoms with Gasteiger partial charge in [0.05, 0.1) is 0 Å². The smallest absolute Gasteiger partial charge is 0.0319 e. The zero-order chi connectivity index (χ0) is 7.70. The third kappa shape index (κ3) is 11.1. The molecule has 0 aliphatic carbocycles. The number of aliphatic hydroxyl groups excluding tert-OH is 1. The van der Waals surface area contributed by atoms with Crippen LogP contribution in [0.5, 0.6) is 0 Å².